The van der Waals surface area contributed by atoms with Gasteiger partial charge < -0.3 is 13.9 Å². The van der Waals surface area contributed by atoms with Crippen LogP contribution in [-0.4, -0.2) is 22.3 Å². The summed E-state index contributed by atoms with van der Waals surface area (Å²) in [6, 6.07) is 16.3. The van der Waals surface area contributed by atoms with Crippen LogP contribution in [0, 0.1) is 16.7 Å². The molecule has 1 aliphatic rings. The van der Waals surface area contributed by atoms with E-state index in [1.165, 1.54) is 0 Å². The lowest BCUT2D eigenvalue weighted by Crippen LogP contribution is -2.36. The van der Waals surface area contributed by atoms with Crippen LogP contribution in [0.3, 0.4) is 0 Å². The summed E-state index contributed by atoms with van der Waals surface area (Å²) in [4.78, 5) is 0. The zero-order valence-electron chi connectivity index (χ0n) is 18.9. The van der Waals surface area contributed by atoms with E-state index in [4.69, 9.17) is 13.9 Å². The van der Waals surface area contributed by atoms with Crippen molar-refractivity contribution < 1.29 is 13.9 Å². The Morgan fingerprint density at radius 2 is 1.87 bits per heavy atom. The number of hydrogen-bond donors (Lipinski definition) is 0. The fraction of sp³-hybridized carbons (Fsp3) is 0.480. The van der Waals surface area contributed by atoms with E-state index in [1.807, 2.05) is 24.3 Å². The Labute approximate surface area is 182 Å². The zero-order chi connectivity index (χ0) is 21.9. The van der Waals surface area contributed by atoms with Crippen LogP contribution in [0.15, 0.2) is 42.5 Å². The van der Waals surface area contributed by atoms with Gasteiger partial charge in [0, 0.05) is 6.10 Å². The lowest BCUT2D eigenvalue weighted by atomic mass is 9.78. The molecule has 0 bridgehead atoms. The van der Waals surface area contributed by atoms with Crippen LogP contribution in [0.4, 0.5) is 0 Å². The minimum atomic E-state index is -0.815. The number of ether oxygens (including phenoxy) is 2. The van der Waals surface area contributed by atoms with Crippen LogP contribution in [0.1, 0.15) is 55.9 Å². The van der Waals surface area contributed by atoms with E-state index in [0.29, 0.717) is 12.2 Å². The molecule has 2 aromatic rings. The minimum absolute atomic E-state index is 0.0507. The van der Waals surface area contributed by atoms with Gasteiger partial charge in [-0.2, -0.15) is 5.26 Å². The molecule has 1 heterocycles. The van der Waals surface area contributed by atoms with Crippen LogP contribution in [-0.2, 0) is 21.4 Å². The molecule has 2 unspecified atom stereocenters. The summed E-state index contributed by atoms with van der Waals surface area (Å²) in [5.74, 6) is 0.826. The van der Waals surface area contributed by atoms with Crippen molar-refractivity contribution >= 4 is 9.04 Å². The number of rotatable bonds is 7. The molecular weight excluding hydrogens is 390 g/mol. The predicted octanol–water partition coefficient (Wildman–Crippen LogP) is 5.80. The summed E-state index contributed by atoms with van der Waals surface area (Å²) in [5.41, 5.74) is 3.53. The molecule has 5 heteroatoms. The Morgan fingerprint density at radius 1 is 1.17 bits per heavy atom. The molecule has 4 nitrogen and oxygen atoms in total. The summed E-state index contributed by atoms with van der Waals surface area (Å²) in [5, 5.41) is 9.30. The fourth-order valence-corrected chi connectivity index (χ4v) is 5.23. The number of fused-ring (bicyclic) bond motifs is 1. The highest BCUT2D eigenvalue weighted by Gasteiger charge is 2.43. The van der Waals surface area contributed by atoms with Crippen molar-refractivity contribution in [1.29, 1.82) is 5.26 Å². The van der Waals surface area contributed by atoms with E-state index >= 15 is 0 Å². The number of benzene rings is 2. The van der Waals surface area contributed by atoms with Crippen LogP contribution >= 0.6 is 0 Å². The van der Waals surface area contributed by atoms with Gasteiger partial charge in [0.15, 0.2) is 0 Å². The van der Waals surface area contributed by atoms with Crippen molar-refractivity contribution in [3.05, 3.63) is 64.7 Å². The second-order valence-corrected chi connectivity index (χ2v) is 11.3. The maximum absolute atomic E-state index is 9.30. The molecule has 0 saturated carbocycles. The second-order valence-electron chi connectivity index (χ2n) is 9.25. The molecule has 1 aliphatic heterocycles. The van der Waals surface area contributed by atoms with Gasteiger partial charge in [0.05, 0.1) is 25.3 Å². The van der Waals surface area contributed by atoms with Gasteiger partial charge in [-0.15, -0.1) is 0 Å². The average molecular weight is 423 g/mol. The summed E-state index contributed by atoms with van der Waals surface area (Å²) in [6.45, 7) is 11.6. The maximum atomic E-state index is 9.30. The van der Waals surface area contributed by atoms with Gasteiger partial charge in [-0.25, -0.2) is 0 Å². The summed E-state index contributed by atoms with van der Waals surface area (Å²) in [7, 11) is 0.861. The highest BCUT2D eigenvalue weighted by molar-refractivity contribution is 6.48. The smallest absolute Gasteiger partial charge is 0.205 e. The number of methoxy groups -OCH3 is 1. The standard InChI is InChI=1S/C25H32NO3Si/c1-24(2,3)23(29-30(5)6)13-14-25(20-8-10-21(27-4)11-9-20)22-12-7-18(16-26)15-19(22)17-28-25/h7-12,15,23H,13-14,17H2,1-6H3. The van der Waals surface area contributed by atoms with Crippen molar-refractivity contribution in [2.24, 2.45) is 5.41 Å². The Balaban J connectivity index is 2.01. The summed E-state index contributed by atoms with van der Waals surface area (Å²) < 4.78 is 18.3. The Kier molecular flexibility index (Phi) is 6.71. The quantitative estimate of drug-likeness (QED) is 0.529. The summed E-state index contributed by atoms with van der Waals surface area (Å²) >= 11 is 0. The van der Waals surface area contributed by atoms with Gasteiger partial charge in [-0.3, -0.25) is 0 Å². The molecule has 159 valence electrons. The van der Waals surface area contributed by atoms with Crippen LogP contribution in [0.5, 0.6) is 5.75 Å². The van der Waals surface area contributed by atoms with Gasteiger partial charge in [0.1, 0.15) is 11.4 Å². The molecule has 3 rings (SSSR count). The molecular formula is C25H32NO3Si. The molecule has 0 saturated heterocycles. The predicted molar refractivity (Wildman–Crippen MR) is 121 cm³/mol. The molecule has 2 atom stereocenters. The first-order chi connectivity index (χ1) is 14.2. The van der Waals surface area contributed by atoms with Gasteiger partial charge in [0.25, 0.3) is 0 Å². The first kappa shape index (κ1) is 22.5. The monoisotopic (exact) mass is 422 g/mol. The topological polar surface area (TPSA) is 51.5 Å². The number of nitriles is 1. The van der Waals surface area contributed by atoms with E-state index in [0.717, 1.165) is 35.3 Å². The first-order valence-electron chi connectivity index (χ1n) is 10.5. The van der Waals surface area contributed by atoms with E-state index in [2.05, 4.69) is 58.1 Å². The van der Waals surface area contributed by atoms with Gasteiger partial charge >= 0.3 is 0 Å². The molecule has 1 radical (unpaired) electrons. The number of hydrogen-bond acceptors (Lipinski definition) is 4. The Hall–Kier alpha value is -2.13. The minimum Gasteiger partial charge on any atom is -0.497 e. The third kappa shape index (κ3) is 4.62. The van der Waals surface area contributed by atoms with Crippen molar-refractivity contribution in [3.8, 4) is 11.8 Å². The Morgan fingerprint density at radius 3 is 2.43 bits per heavy atom. The molecule has 0 N–H and O–H groups in total. The average Bonchev–Trinajstić information content (AvgIpc) is 3.09. The van der Waals surface area contributed by atoms with Crippen molar-refractivity contribution in [2.45, 2.75) is 65.0 Å². The fourth-order valence-electron chi connectivity index (χ4n) is 4.19. The molecule has 2 aromatic carbocycles. The summed E-state index contributed by atoms with van der Waals surface area (Å²) in [6.07, 6.45) is 1.86. The van der Waals surface area contributed by atoms with E-state index in [1.54, 1.807) is 7.11 Å². The lowest BCUT2D eigenvalue weighted by Gasteiger charge is -2.37. The molecule has 0 fully saturated rings. The third-order valence-electron chi connectivity index (χ3n) is 5.80. The molecule has 0 aromatic heterocycles. The van der Waals surface area contributed by atoms with Gasteiger partial charge in [-0.05, 0) is 72.3 Å². The van der Waals surface area contributed by atoms with Crippen molar-refractivity contribution in [1.82, 2.24) is 0 Å². The molecule has 0 spiro atoms. The Bertz CT molecular complexity index is 911. The van der Waals surface area contributed by atoms with Crippen LogP contribution in [0.2, 0.25) is 13.1 Å². The van der Waals surface area contributed by atoms with Crippen molar-refractivity contribution in [2.75, 3.05) is 7.11 Å². The highest BCUT2D eigenvalue weighted by Crippen LogP contribution is 2.47. The SMILES string of the molecule is COc1ccc(C2(CCC(O[Si](C)C)C(C)(C)C)OCc3cc(C#N)ccc32)cc1. The van der Waals surface area contributed by atoms with E-state index < -0.39 is 14.6 Å². The normalized spacial score (nSPS) is 19.4. The van der Waals surface area contributed by atoms with Crippen LogP contribution in [0.25, 0.3) is 0 Å². The second kappa shape index (κ2) is 8.93. The highest BCUT2D eigenvalue weighted by atomic mass is 28.3. The van der Waals surface area contributed by atoms with Gasteiger partial charge in [0.2, 0.25) is 9.04 Å². The maximum Gasteiger partial charge on any atom is 0.205 e. The van der Waals surface area contributed by atoms with Crippen molar-refractivity contribution in [3.63, 3.8) is 0 Å². The number of nitrogens with zero attached hydrogens (tertiary/aromatic N) is 1. The van der Waals surface area contributed by atoms with E-state index in [-0.39, 0.29) is 11.5 Å². The molecule has 0 aliphatic carbocycles. The van der Waals surface area contributed by atoms with Crippen LogP contribution < -0.4 is 4.74 Å². The molecule has 30 heavy (non-hydrogen) atoms. The zero-order valence-corrected chi connectivity index (χ0v) is 19.9. The van der Waals surface area contributed by atoms with E-state index in [9.17, 15) is 5.26 Å². The first-order valence-corrected chi connectivity index (χ1v) is 12.9. The largest absolute Gasteiger partial charge is 0.497 e. The van der Waals surface area contributed by atoms with Gasteiger partial charge in [-0.1, -0.05) is 39.0 Å². The third-order valence-corrected chi connectivity index (χ3v) is 6.56. The molecule has 0 amide bonds. The lowest BCUT2D eigenvalue weighted by molar-refractivity contribution is -0.0279.